The molecule has 1 N–H and O–H groups in total. The van der Waals surface area contributed by atoms with Crippen molar-refractivity contribution >= 4 is 0 Å². The van der Waals surface area contributed by atoms with E-state index in [-0.39, 0.29) is 6.04 Å². The van der Waals surface area contributed by atoms with E-state index in [0.717, 1.165) is 51.1 Å². The normalized spacial score (nSPS) is 33.2. The highest BCUT2D eigenvalue weighted by Crippen LogP contribution is 2.40. The van der Waals surface area contributed by atoms with Gasteiger partial charge in [-0.3, -0.25) is 4.90 Å². The fourth-order valence-electron chi connectivity index (χ4n) is 3.57. The molecule has 3 nitrogen and oxygen atoms in total. The van der Waals surface area contributed by atoms with Crippen molar-refractivity contribution in [3.8, 4) is 0 Å². The molecule has 3 rings (SSSR count). The highest BCUT2D eigenvalue weighted by atomic mass is 16.5. The molecule has 0 radical (unpaired) electrons. The van der Waals surface area contributed by atoms with E-state index < -0.39 is 5.60 Å². The second-order valence-corrected chi connectivity index (χ2v) is 5.70. The van der Waals surface area contributed by atoms with Crippen molar-refractivity contribution in [1.29, 1.82) is 0 Å². The molecule has 1 heterocycles. The lowest BCUT2D eigenvalue weighted by Crippen LogP contribution is -2.55. The summed E-state index contributed by atoms with van der Waals surface area (Å²) in [5.41, 5.74) is 0.391. The molecule has 1 aliphatic carbocycles. The van der Waals surface area contributed by atoms with Gasteiger partial charge in [0.15, 0.2) is 0 Å². The Kier molecular flexibility index (Phi) is 3.87. The first-order chi connectivity index (χ1) is 9.31. The van der Waals surface area contributed by atoms with Crippen molar-refractivity contribution < 1.29 is 9.84 Å². The Balaban J connectivity index is 1.87. The molecule has 0 aromatic heterocycles. The van der Waals surface area contributed by atoms with Gasteiger partial charge in [-0.05, 0) is 18.4 Å². The number of ether oxygens (including phenoxy) is 1. The van der Waals surface area contributed by atoms with Gasteiger partial charge in [-0.25, -0.2) is 0 Å². The van der Waals surface area contributed by atoms with Gasteiger partial charge >= 0.3 is 0 Å². The van der Waals surface area contributed by atoms with Gasteiger partial charge in [0.25, 0.3) is 0 Å². The SMILES string of the molecule is O[C@]1(c2ccccc2)CCCC[C@H]1N1CCOCC1. The summed E-state index contributed by atoms with van der Waals surface area (Å²) >= 11 is 0. The number of morpholine rings is 1. The summed E-state index contributed by atoms with van der Waals surface area (Å²) in [5, 5.41) is 11.3. The molecule has 2 atom stereocenters. The van der Waals surface area contributed by atoms with Crippen LogP contribution in [0.3, 0.4) is 0 Å². The van der Waals surface area contributed by atoms with Crippen molar-refractivity contribution in [2.45, 2.75) is 37.3 Å². The van der Waals surface area contributed by atoms with Gasteiger partial charge in [-0.1, -0.05) is 43.2 Å². The van der Waals surface area contributed by atoms with E-state index in [1.807, 2.05) is 18.2 Å². The molecule has 104 valence electrons. The molecule has 1 saturated heterocycles. The molecule has 1 saturated carbocycles. The van der Waals surface area contributed by atoms with Crippen molar-refractivity contribution in [3.05, 3.63) is 35.9 Å². The Morgan fingerprint density at radius 3 is 2.58 bits per heavy atom. The lowest BCUT2D eigenvalue weighted by molar-refractivity contribution is -0.102. The van der Waals surface area contributed by atoms with Crippen LogP contribution in [0.5, 0.6) is 0 Å². The Bertz CT molecular complexity index is 402. The molecular weight excluding hydrogens is 238 g/mol. The van der Waals surface area contributed by atoms with Crippen LogP contribution in [0.1, 0.15) is 31.2 Å². The van der Waals surface area contributed by atoms with Crippen LogP contribution in [-0.4, -0.2) is 42.4 Å². The fourth-order valence-corrected chi connectivity index (χ4v) is 3.57. The zero-order valence-electron chi connectivity index (χ0n) is 11.4. The number of hydrogen-bond acceptors (Lipinski definition) is 3. The third kappa shape index (κ3) is 2.55. The predicted octanol–water partition coefficient (Wildman–Crippen LogP) is 2.15. The third-order valence-corrected chi connectivity index (χ3v) is 4.60. The van der Waals surface area contributed by atoms with Crippen molar-refractivity contribution in [2.24, 2.45) is 0 Å². The molecule has 2 fully saturated rings. The number of hydrogen-bond donors (Lipinski definition) is 1. The molecule has 2 aliphatic rings. The predicted molar refractivity (Wildman–Crippen MR) is 75.0 cm³/mol. The maximum Gasteiger partial charge on any atom is 0.105 e. The van der Waals surface area contributed by atoms with E-state index in [0.29, 0.717) is 0 Å². The first-order valence-electron chi connectivity index (χ1n) is 7.40. The van der Waals surface area contributed by atoms with Crippen LogP contribution in [-0.2, 0) is 10.3 Å². The Hall–Kier alpha value is -0.900. The number of aliphatic hydroxyl groups is 1. The van der Waals surface area contributed by atoms with Crippen LogP contribution >= 0.6 is 0 Å². The maximum absolute atomic E-state index is 11.3. The Labute approximate surface area is 115 Å². The summed E-state index contributed by atoms with van der Waals surface area (Å²) in [5.74, 6) is 0. The molecule has 0 unspecified atom stereocenters. The fraction of sp³-hybridized carbons (Fsp3) is 0.625. The van der Waals surface area contributed by atoms with Crippen molar-refractivity contribution in [3.63, 3.8) is 0 Å². The minimum absolute atomic E-state index is 0.243. The standard InChI is InChI=1S/C16H23NO2/c18-16(14-6-2-1-3-7-14)9-5-4-8-15(16)17-10-12-19-13-11-17/h1-3,6-7,15,18H,4-5,8-13H2/t15-,16+/m1/s1. The molecular formula is C16H23NO2. The lowest BCUT2D eigenvalue weighted by Gasteiger charge is -2.47. The van der Waals surface area contributed by atoms with E-state index >= 15 is 0 Å². The Morgan fingerprint density at radius 2 is 1.84 bits per heavy atom. The summed E-state index contributed by atoms with van der Waals surface area (Å²) in [6, 6.07) is 10.4. The molecule has 1 aliphatic heterocycles. The molecule has 1 aromatic carbocycles. The molecule has 3 heteroatoms. The number of rotatable bonds is 2. The molecule has 0 bridgehead atoms. The van der Waals surface area contributed by atoms with Crippen LogP contribution in [0.25, 0.3) is 0 Å². The van der Waals surface area contributed by atoms with Crippen LogP contribution < -0.4 is 0 Å². The molecule has 1 aromatic rings. The van der Waals surface area contributed by atoms with E-state index in [4.69, 9.17) is 4.74 Å². The van der Waals surface area contributed by atoms with Gasteiger partial charge < -0.3 is 9.84 Å². The average Bonchev–Trinajstić information content (AvgIpc) is 2.49. The second-order valence-electron chi connectivity index (χ2n) is 5.70. The first-order valence-corrected chi connectivity index (χ1v) is 7.40. The summed E-state index contributed by atoms with van der Waals surface area (Å²) in [4.78, 5) is 2.43. The monoisotopic (exact) mass is 261 g/mol. The maximum atomic E-state index is 11.3. The minimum Gasteiger partial charge on any atom is -0.384 e. The van der Waals surface area contributed by atoms with E-state index in [1.165, 1.54) is 6.42 Å². The van der Waals surface area contributed by atoms with Crippen molar-refractivity contribution in [1.82, 2.24) is 4.90 Å². The smallest absolute Gasteiger partial charge is 0.105 e. The van der Waals surface area contributed by atoms with Gasteiger partial charge in [-0.2, -0.15) is 0 Å². The van der Waals surface area contributed by atoms with Gasteiger partial charge in [0, 0.05) is 19.1 Å². The van der Waals surface area contributed by atoms with Crippen LogP contribution in [0.15, 0.2) is 30.3 Å². The Morgan fingerprint density at radius 1 is 1.11 bits per heavy atom. The van der Waals surface area contributed by atoms with Gasteiger partial charge in [0.2, 0.25) is 0 Å². The van der Waals surface area contributed by atoms with Crippen LogP contribution in [0.4, 0.5) is 0 Å². The molecule has 0 spiro atoms. The highest BCUT2D eigenvalue weighted by Gasteiger charge is 2.43. The zero-order chi connectivity index (χ0) is 13.1. The summed E-state index contributed by atoms with van der Waals surface area (Å²) in [6.07, 6.45) is 4.30. The lowest BCUT2D eigenvalue weighted by atomic mass is 9.75. The first kappa shape index (κ1) is 13.1. The minimum atomic E-state index is -0.684. The second kappa shape index (κ2) is 5.61. The molecule has 0 amide bonds. The topological polar surface area (TPSA) is 32.7 Å². The van der Waals surface area contributed by atoms with E-state index in [1.54, 1.807) is 0 Å². The van der Waals surface area contributed by atoms with Crippen molar-refractivity contribution in [2.75, 3.05) is 26.3 Å². The summed E-state index contributed by atoms with van der Waals surface area (Å²) in [6.45, 7) is 3.47. The largest absolute Gasteiger partial charge is 0.384 e. The average molecular weight is 261 g/mol. The third-order valence-electron chi connectivity index (χ3n) is 4.60. The quantitative estimate of drug-likeness (QED) is 0.885. The summed E-state index contributed by atoms with van der Waals surface area (Å²) in [7, 11) is 0. The number of benzene rings is 1. The van der Waals surface area contributed by atoms with Gasteiger partial charge in [0.1, 0.15) is 5.60 Å². The van der Waals surface area contributed by atoms with Gasteiger partial charge in [-0.15, -0.1) is 0 Å². The van der Waals surface area contributed by atoms with E-state index in [9.17, 15) is 5.11 Å². The molecule has 19 heavy (non-hydrogen) atoms. The van der Waals surface area contributed by atoms with E-state index in [2.05, 4.69) is 17.0 Å². The van der Waals surface area contributed by atoms with Crippen LogP contribution in [0.2, 0.25) is 0 Å². The van der Waals surface area contributed by atoms with Crippen LogP contribution in [0, 0.1) is 0 Å². The van der Waals surface area contributed by atoms with Gasteiger partial charge in [0.05, 0.1) is 13.2 Å². The number of nitrogens with zero attached hydrogens (tertiary/aromatic N) is 1. The highest BCUT2D eigenvalue weighted by molar-refractivity contribution is 5.25. The summed E-state index contributed by atoms with van der Waals surface area (Å²) < 4.78 is 5.44. The zero-order valence-corrected chi connectivity index (χ0v) is 11.4.